The maximum Gasteiger partial charge on any atom is 0.0490 e. The SMILES string of the molecule is CCCCCCCCCCCCCCCCC(Cl)(CCO)CCO. The van der Waals surface area contributed by atoms with Gasteiger partial charge in [0.1, 0.15) is 0 Å². The van der Waals surface area contributed by atoms with E-state index in [2.05, 4.69) is 6.92 Å². The number of unbranched alkanes of at least 4 members (excludes halogenated alkanes) is 13. The third-order valence-corrected chi connectivity index (χ3v) is 5.67. The summed E-state index contributed by atoms with van der Waals surface area (Å²) in [5, 5.41) is 18.2. The fourth-order valence-corrected chi connectivity index (χ4v) is 3.71. The maximum absolute atomic E-state index is 9.08. The predicted molar refractivity (Wildman–Crippen MR) is 107 cm³/mol. The van der Waals surface area contributed by atoms with Crippen LogP contribution in [0.3, 0.4) is 0 Å². The van der Waals surface area contributed by atoms with Crippen LogP contribution in [0.25, 0.3) is 0 Å². The third-order valence-electron chi connectivity index (χ3n) is 5.10. The highest BCUT2D eigenvalue weighted by atomic mass is 35.5. The van der Waals surface area contributed by atoms with Gasteiger partial charge in [-0.2, -0.15) is 0 Å². The molecule has 0 radical (unpaired) electrons. The van der Waals surface area contributed by atoms with Crippen LogP contribution in [0.15, 0.2) is 0 Å². The number of rotatable bonds is 19. The minimum Gasteiger partial charge on any atom is -0.396 e. The van der Waals surface area contributed by atoms with Crippen molar-refractivity contribution in [2.45, 2.75) is 121 Å². The zero-order chi connectivity index (χ0) is 17.9. The number of aliphatic hydroxyl groups is 2. The number of hydrogen-bond donors (Lipinski definition) is 2. The molecule has 0 aliphatic rings. The number of alkyl halides is 1. The largest absolute Gasteiger partial charge is 0.396 e. The molecule has 0 fully saturated rings. The Balaban J connectivity index is 3.30. The van der Waals surface area contributed by atoms with E-state index >= 15 is 0 Å². The van der Waals surface area contributed by atoms with Gasteiger partial charge in [0.15, 0.2) is 0 Å². The van der Waals surface area contributed by atoms with Crippen molar-refractivity contribution < 1.29 is 10.2 Å². The Morgan fingerprint density at radius 1 is 0.542 bits per heavy atom. The van der Waals surface area contributed by atoms with Gasteiger partial charge < -0.3 is 10.2 Å². The summed E-state index contributed by atoms with van der Waals surface area (Å²) in [6.07, 6.45) is 21.1. The van der Waals surface area contributed by atoms with Crippen molar-refractivity contribution in [1.82, 2.24) is 0 Å². The Morgan fingerprint density at radius 3 is 1.21 bits per heavy atom. The Kier molecular flexibility index (Phi) is 18.2. The molecule has 0 aliphatic carbocycles. The lowest BCUT2D eigenvalue weighted by atomic mass is 9.93. The molecule has 0 atom stereocenters. The van der Waals surface area contributed by atoms with Crippen LogP contribution in [0.1, 0.15) is 116 Å². The molecule has 0 rings (SSSR count). The molecular weight excluding hydrogens is 320 g/mol. The van der Waals surface area contributed by atoms with Gasteiger partial charge in [0.05, 0.1) is 0 Å². The van der Waals surface area contributed by atoms with Crippen molar-refractivity contribution >= 4 is 11.6 Å². The Bertz CT molecular complexity index is 240. The molecule has 0 bridgehead atoms. The molecule has 24 heavy (non-hydrogen) atoms. The summed E-state index contributed by atoms with van der Waals surface area (Å²) in [5.74, 6) is 0. The molecule has 2 nitrogen and oxygen atoms in total. The quantitative estimate of drug-likeness (QED) is 0.201. The van der Waals surface area contributed by atoms with Gasteiger partial charge in [-0.3, -0.25) is 0 Å². The van der Waals surface area contributed by atoms with E-state index in [4.69, 9.17) is 21.8 Å². The van der Waals surface area contributed by atoms with E-state index in [-0.39, 0.29) is 18.1 Å². The van der Waals surface area contributed by atoms with Crippen molar-refractivity contribution in [3.8, 4) is 0 Å². The Morgan fingerprint density at radius 2 is 0.875 bits per heavy atom. The van der Waals surface area contributed by atoms with Gasteiger partial charge in [-0.1, -0.05) is 96.8 Å². The molecule has 0 aromatic carbocycles. The second-order valence-electron chi connectivity index (χ2n) is 7.44. The molecule has 0 heterocycles. The van der Waals surface area contributed by atoms with Gasteiger partial charge in [-0.05, 0) is 19.3 Å². The number of halogens is 1. The highest BCUT2D eigenvalue weighted by Gasteiger charge is 2.25. The lowest BCUT2D eigenvalue weighted by molar-refractivity contribution is 0.220. The first-order valence-electron chi connectivity index (χ1n) is 10.6. The van der Waals surface area contributed by atoms with Crippen molar-refractivity contribution in [3.05, 3.63) is 0 Å². The maximum atomic E-state index is 9.08. The van der Waals surface area contributed by atoms with Gasteiger partial charge in [-0.25, -0.2) is 0 Å². The van der Waals surface area contributed by atoms with E-state index < -0.39 is 0 Å². The Labute approximate surface area is 156 Å². The average Bonchev–Trinajstić information content (AvgIpc) is 2.55. The van der Waals surface area contributed by atoms with Crippen LogP contribution in [-0.4, -0.2) is 28.3 Å². The molecule has 0 aromatic rings. The molecule has 3 heteroatoms. The van der Waals surface area contributed by atoms with Crippen molar-refractivity contribution in [1.29, 1.82) is 0 Å². The van der Waals surface area contributed by atoms with Gasteiger partial charge in [0.25, 0.3) is 0 Å². The summed E-state index contributed by atoms with van der Waals surface area (Å²) in [4.78, 5) is -0.388. The fraction of sp³-hybridized carbons (Fsp3) is 1.00. The van der Waals surface area contributed by atoms with Crippen LogP contribution >= 0.6 is 11.6 Å². The average molecular weight is 363 g/mol. The van der Waals surface area contributed by atoms with Crippen LogP contribution in [-0.2, 0) is 0 Å². The van der Waals surface area contributed by atoms with E-state index in [0.29, 0.717) is 12.8 Å². The first-order chi connectivity index (χ1) is 11.7. The highest BCUT2D eigenvalue weighted by Crippen LogP contribution is 2.30. The molecule has 0 aliphatic heterocycles. The molecule has 0 unspecified atom stereocenters. The molecule has 0 amide bonds. The summed E-state index contributed by atoms with van der Waals surface area (Å²) < 4.78 is 0. The van der Waals surface area contributed by atoms with E-state index in [1.165, 1.54) is 83.5 Å². The lowest BCUT2D eigenvalue weighted by Gasteiger charge is -2.25. The smallest absolute Gasteiger partial charge is 0.0490 e. The van der Waals surface area contributed by atoms with E-state index in [1.807, 2.05) is 0 Å². The minimum atomic E-state index is -0.388. The topological polar surface area (TPSA) is 40.5 Å². The third kappa shape index (κ3) is 15.7. The monoisotopic (exact) mass is 362 g/mol. The second kappa shape index (κ2) is 18.0. The molecular formula is C21H43ClO2. The zero-order valence-electron chi connectivity index (χ0n) is 16.2. The summed E-state index contributed by atoms with van der Waals surface area (Å²) in [7, 11) is 0. The number of aliphatic hydroxyl groups excluding tert-OH is 2. The fourth-order valence-electron chi connectivity index (χ4n) is 3.41. The first-order valence-corrected chi connectivity index (χ1v) is 11.0. The molecule has 146 valence electrons. The summed E-state index contributed by atoms with van der Waals surface area (Å²) in [6.45, 7) is 2.50. The van der Waals surface area contributed by atoms with Gasteiger partial charge in [0.2, 0.25) is 0 Å². The van der Waals surface area contributed by atoms with Crippen LogP contribution in [0, 0.1) is 0 Å². The van der Waals surface area contributed by atoms with Crippen LogP contribution < -0.4 is 0 Å². The number of hydrogen-bond acceptors (Lipinski definition) is 2. The van der Waals surface area contributed by atoms with E-state index in [1.54, 1.807) is 0 Å². The zero-order valence-corrected chi connectivity index (χ0v) is 17.0. The second-order valence-corrected chi connectivity index (χ2v) is 8.25. The van der Waals surface area contributed by atoms with Crippen molar-refractivity contribution in [3.63, 3.8) is 0 Å². The lowest BCUT2D eigenvalue weighted by Crippen LogP contribution is -2.24. The van der Waals surface area contributed by atoms with Crippen LogP contribution in [0.5, 0.6) is 0 Å². The summed E-state index contributed by atoms with van der Waals surface area (Å²) in [5.41, 5.74) is 0. The highest BCUT2D eigenvalue weighted by molar-refractivity contribution is 6.23. The molecule has 0 aromatic heterocycles. The molecule has 0 saturated carbocycles. The minimum absolute atomic E-state index is 0.113. The van der Waals surface area contributed by atoms with Crippen LogP contribution in [0.4, 0.5) is 0 Å². The van der Waals surface area contributed by atoms with Gasteiger partial charge in [-0.15, -0.1) is 11.6 Å². The van der Waals surface area contributed by atoms with E-state index in [9.17, 15) is 0 Å². The summed E-state index contributed by atoms with van der Waals surface area (Å²) in [6, 6.07) is 0. The summed E-state index contributed by atoms with van der Waals surface area (Å²) >= 11 is 6.47. The molecule has 0 saturated heterocycles. The van der Waals surface area contributed by atoms with Crippen molar-refractivity contribution in [2.75, 3.05) is 13.2 Å². The van der Waals surface area contributed by atoms with Crippen molar-refractivity contribution in [2.24, 2.45) is 0 Å². The van der Waals surface area contributed by atoms with E-state index in [0.717, 1.165) is 12.8 Å². The predicted octanol–water partition coefficient (Wildman–Crippen LogP) is 6.60. The first kappa shape index (κ1) is 24.2. The van der Waals surface area contributed by atoms with Crippen LogP contribution in [0.2, 0.25) is 0 Å². The molecule has 2 N–H and O–H groups in total. The normalized spacial score (nSPS) is 12.0. The Hall–Kier alpha value is 0.210. The molecule has 0 spiro atoms. The van der Waals surface area contributed by atoms with Gasteiger partial charge >= 0.3 is 0 Å². The standard InChI is InChI=1S/C21H43ClO2/c1-2-3-4-5-6-7-8-9-10-11-12-13-14-15-16-21(22,17-19-23)18-20-24/h23-24H,2-20H2,1H3. The van der Waals surface area contributed by atoms with Gasteiger partial charge in [0, 0.05) is 18.1 Å².